The molecular weight excluding hydrogens is 244 g/mol. The third-order valence-corrected chi connectivity index (χ3v) is 5.82. The summed E-state index contributed by atoms with van der Waals surface area (Å²) in [6.07, 6.45) is 6.73. The topological polar surface area (TPSA) is 32.3 Å². The highest BCUT2D eigenvalue weighted by Crippen LogP contribution is 2.29. The number of urea groups is 1. The first-order valence-corrected chi connectivity index (χ1v) is 8.37. The third-order valence-electron chi connectivity index (χ3n) is 4.23. The van der Waals surface area contributed by atoms with Gasteiger partial charge in [-0.1, -0.05) is 20.8 Å². The standard InChI is InChI=1S/C14H28N2OS/c1-5-14(6-2,18-4)11-15-13(17)16-9-7-8-12(3)10-16/h12H,5-11H2,1-4H3,(H,15,17). The van der Waals surface area contributed by atoms with Crippen LogP contribution in [0.1, 0.15) is 46.5 Å². The van der Waals surface area contributed by atoms with Gasteiger partial charge in [0, 0.05) is 24.4 Å². The lowest BCUT2D eigenvalue weighted by Crippen LogP contribution is -2.49. The van der Waals surface area contributed by atoms with Crippen LogP contribution in [0.3, 0.4) is 0 Å². The SMILES string of the molecule is CCC(CC)(CNC(=O)N1CCCC(C)C1)SC. The van der Waals surface area contributed by atoms with Crippen LogP contribution in [0, 0.1) is 5.92 Å². The number of hydrogen-bond donors (Lipinski definition) is 1. The highest BCUT2D eigenvalue weighted by atomic mass is 32.2. The predicted molar refractivity (Wildman–Crippen MR) is 80.2 cm³/mol. The Bertz CT molecular complexity index is 258. The van der Waals surface area contributed by atoms with Gasteiger partial charge in [0.05, 0.1) is 0 Å². The Morgan fingerprint density at radius 3 is 2.61 bits per heavy atom. The molecule has 106 valence electrons. The lowest BCUT2D eigenvalue weighted by molar-refractivity contribution is 0.168. The van der Waals surface area contributed by atoms with Crippen LogP contribution in [0.5, 0.6) is 0 Å². The van der Waals surface area contributed by atoms with Crippen molar-refractivity contribution in [3.63, 3.8) is 0 Å². The van der Waals surface area contributed by atoms with Gasteiger partial charge in [-0.25, -0.2) is 4.79 Å². The fourth-order valence-electron chi connectivity index (χ4n) is 2.58. The summed E-state index contributed by atoms with van der Waals surface area (Å²) in [7, 11) is 0. The molecule has 0 saturated carbocycles. The predicted octanol–water partition coefficient (Wildman–Crippen LogP) is 3.35. The minimum absolute atomic E-state index is 0.127. The molecular formula is C14H28N2OS. The number of carbonyl (C=O) groups excluding carboxylic acids is 1. The number of carbonyl (C=O) groups is 1. The van der Waals surface area contributed by atoms with Crippen LogP contribution < -0.4 is 5.32 Å². The molecule has 1 aliphatic rings. The van der Waals surface area contributed by atoms with Crippen molar-refractivity contribution in [2.75, 3.05) is 25.9 Å². The number of nitrogens with zero attached hydrogens (tertiary/aromatic N) is 1. The number of rotatable bonds is 5. The molecule has 1 heterocycles. The van der Waals surface area contributed by atoms with Gasteiger partial charge in [-0.05, 0) is 37.9 Å². The molecule has 1 saturated heterocycles. The average Bonchev–Trinajstić information content (AvgIpc) is 2.40. The molecule has 0 radical (unpaired) electrons. The molecule has 1 unspecified atom stereocenters. The normalized spacial score (nSPS) is 20.9. The van der Waals surface area contributed by atoms with Crippen LogP contribution in [0.25, 0.3) is 0 Å². The second kappa shape index (κ2) is 7.27. The number of nitrogens with one attached hydrogen (secondary N) is 1. The fourth-order valence-corrected chi connectivity index (χ4v) is 3.38. The van der Waals surface area contributed by atoms with E-state index in [1.807, 2.05) is 16.7 Å². The highest BCUT2D eigenvalue weighted by molar-refractivity contribution is 8.00. The lowest BCUT2D eigenvalue weighted by atomic mass is 10.0. The largest absolute Gasteiger partial charge is 0.337 e. The Morgan fingerprint density at radius 2 is 2.11 bits per heavy atom. The molecule has 0 aromatic heterocycles. The minimum atomic E-state index is 0.127. The van der Waals surface area contributed by atoms with E-state index in [-0.39, 0.29) is 10.8 Å². The summed E-state index contributed by atoms with van der Waals surface area (Å²) in [5.41, 5.74) is 0. The molecule has 4 heteroatoms. The van der Waals surface area contributed by atoms with Gasteiger partial charge in [0.1, 0.15) is 0 Å². The zero-order valence-electron chi connectivity index (χ0n) is 12.3. The number of hydrogen-bond acceptors (Lipinski definition) is 2. The van der Waals surface area contributed by atoms with Crippen molar-refractivity contribution in [2.24, 2.45) is 5.92 Å². The first-order valence-electron chi connectivity index (χ1n) is 7.14. The highest BCUT2D eigenvalue weighted by Gasteiger charge is 2.27. The van der Waals surface area contributed by atoms with Crippen LogP contribution in [0.2, 0.25) is 0 Å². The van der Waals surface area contributed by atoms with Crippen LogP contribution >= 0.6 is 11.8 Å². The Morgan fingerprint density at radius 1 is 1.44 bits per heavy atom. The van der Waals surface area contributed by atoms with Crippen molar-refractivity contribution in [2.45, 2.75) is 51.2 Å². The van der Waals surface area contributed by atoms with Crippen molar-refractivity contribution in [3.8, 4) is 0 Å². The van der Waals surface area contributed by atoms with Crippen LogP contribution in [0.4, 0.5) is 4.79 Å². The number of thioether (sulfide) groups is 1. The molecule has 1 aliphatic heterocycles. The summed E-state index contributed by atoms with van der Waals surface area (Å²) in [6.45, 7) is 9.25. The molecule has 0 spiro atoms. The molecule has 2 amide bonds. The van der Waals surface area contributed by atoms with E-state index in [1.54, 1.807) is 0 Å². The van der Waals surface area contributed by atoms with Crippen LogP contribution in [0.15, 0.2) is 0 Å². The fraction of sp³-hybridized carbons (Fsp3) is 0.929. The van der Waals surface area contributed by atoms with Gasteiger partial charge in [-0.2, -0.15) is 11.8 Å². The van der Waals surface area contributed by atoms with Gasteiger partial charge in [0.15, 0.2) is 0 Å². The van der Waals surface area contributed by atoms with Gasteiger partial charge >= 0.3 is 6.03 Å². The smallest absolute Gasteiger partial charge is 0.317 e. The monoisotopic (exact) mass is 272 g/mol. The summed E-state index contributed by atoms with van der Waals surface area (Å²) >= 11 is 1.87. The van der Waals surface area contributed by atoms with E-state index in [0.717, 1.165) is 38.9 Å². The average molecular weight is 272 g/mol. The third kappa shape index (κ3) is 4.08. The van der Waals surface area contributed by atoms with Gasteiger partial charge in [-0.3, -0.25) is 0 Å². The van der Waals surface area contributed by atoms with E-state index in [9.17, 15) is 4.79 Å². The maximum Gasteiger partial charge on any atom is 0.317 e. The van der Waals surface area contributed by atoms with Crippen molar-refractivity contribution >= 4 is 17.8 Å². The first kappa shape index (κ1) is 15.7. The van der Waals surface area contributed by atoms with Crippen LogP contribution in [-0.2, 0) is 0 Å². The summed E-state index contributed by atoms with van der Waals surface area (Å²) in [6, 6.07) is 0.127. The number of piperidine rings is 1. The molecule has 0 bridgehead atoms. The van der Waals surface area contributed by atoms with E-state index >= 15 is 0 Å². The quantitative estimate of drug-likeness (QED) is 0.832. The lowest BCUT2D eigenvalue weighted by Gasteiger charge is -2.34. The Kier molecular flexibility index (Phi) is 6.33. The number of amides is 2. The molecule has 18 heavy (non-hydrogen) atoms. The van der Waals surface area contributed by atoms with E-state index in [2.05, 4.69) is 32.3 Å². The molecule has 1 N–H and O–H groups in total. The molecule has 1 atom stereocenters. The summed E-state index contributed by atoms with van der Waals surface area (Å²) in [5.74, 6) is 0.646. The van der Waals surface area contributed by atoms with Gasteiger partial charge in [-0.15, -0.1) is 0 Å². The van der Waals surface area contributed by atoms with Crippen molar-refractivity contribution in [1.29, 1.82) is 0 Å². The second-order valence-electron chi connectivity index (χ2n) is 5.45. The van der Waals surface area contributed by atoms with Gasteiger partial charge < -0.3 is 10.2 Å². The van der Waals surface area contributed by atoms with E-state index < -0.39 is 0 Å². The summed E-state index contributed by atoms with van der Waals surface area (Å²) < 4.78 is 0.205. The Balaban J connectivity index is 2.44. The zero-order valence-corrected chi connectivity index (χ0v) is 13.1. The van der Waals surface area contributed by atoms with Crippen LogP contribution in [-0.4, -0.2) is 41.6 Å². The van der Waals surface area contributed by atoms with E-state index in [0.29, 0.717) is 5.92 Å². The molecule has 0 aromatic rings. The van der Waals surface area contributed by atoms with E-state index in [4.69, 9.17) is 0 Å². The van der Waals surface area contributed by atoms with Gasteiger partial charge in [0.25, 0.3) is 0 Å². The van der Waals surface area contributed by atoms with Crippen molar-refractivity contribution < 1.29 is 4.79 Å². The second-order valence-corrected chi connectivity index (χ2v) is 6.72. The first-order chi connectivity index (χ1) is 8.56. The van der Waals surface area contributed by atoms with Gasteiger partial charge in [0.2, 0.25) is 0 Å². The number of likely N-dealkylation sites (tertiary alicyclic amines) is 1. The van der Waals surface area contributed by atoms with E-state index in [1.165, 1.54) is 6.42 Å². The zero-order chi connectivity index (χ0) is 13.6. The Labute approximate surface area is 116 Å². The molecule has 1 rings (SSSR count). The minimum Gasteiger partial charge on any atom is -0.337 e. The summed E-state index contributed by atoms with van der Waals surface area (Å²) in [5, 5.41) is 3.13. The maximum atomic E-state index is 12.1. The maximum absolute atomic E-state index is 12.1. The molecule has 0 aliphatic carbocycles. The Hall–Kier alpha value is -0.380. The summed E-state index contributed by atoms with van der Waals surface area (Å²) in [4.78, 5) is 14.1. The molecule has 3 nitrogen and oxygen atoms in total. The van der Waals surface area contributed by atoms with Crippen molar-refractivity contribution in [1.82, 2.24) is 10.2 Å². The van der Waals surface area contributed by atoms with Crippen molar-refractivity contribution in [3.05, 3.63) is 0 Å². The molecule has 0 aromatic carbocycles. The molecule has 1 fully saturated rings.